The van der Waals surface area contributed by atoms with Crippen molar-refractivity contribution in [2.75, 3.05) is 0 Å². The Morgan fingerprint density at radius 1 is 1.59 bits per heavy atom. The Morgan fingerprint density at radius 2 is 2.24 bits per heavy atom. The number of amides is 1. The molecule has 0 bridgehead atoms. The summed E-state index contributed by atoms with van der Waals surface area (Å²) in [6, 6.07) is 2.08. The first-order valence-corrected chi connectivity index (χ1v) is 5.89. The van der Waals surface area contributed by atoms with E-state index >= 15 is 0 Å². The Morgan fingerprint density at radius 3 is 2.71 bits per heavy atom. The average molecular weight is 238 g/mol. The first-order chi connectivity index (χ1) is 7.84. The van der Waals surface area contributed by atoms with Gasteiger partial charge in [-0.25, -0.2) is 0 Å². The van der Waals surface area contributed by atoms with Crippen LogP contribution in [0.25, 0.3) is 0 Å². The zero-order valence-electron chi connectivity index (χ0n) is 11.1. The molecule has 5 heteroatoms. The molecule has 0 spiro atoms. The van der Waals surface area contributed by atoms with Crippen molar-refractivity contribution < 1.29 is 4.79 Å². The van der Waals surface area contributed by atoms with Crippen LogP contribution in [0.5, 0.6) is 0 Å². The smallest absolute Gasteiger partial charge is 0.219 e. The topological polar surface area (TPSA) is 72.9 Å². The van der Waals surface area contributed by atoms with E-state index in [0.717, 1.165) is 17.8 Å². The quantitative estimate of drug-likeness (QED) is 0.767. The SMILES string of the molecule is CCc1cc(CNC(C)(C)CC(N)=O)n(C)n1. The van der Waals surface area contributed by atoms with E-state index in [1.165, 1.54) is 0 Å². The summed E-state index contributed by atoms with van der Waals surface area (Å²) in [5.41, 5.74) is 7.11. The Kier molecular flexibility index (Phi) is 4.28. The van der Waals surface area contributed by atoms with E-state index in [1.54, 1.807) is 0 Å². The molecule has 0 saturated heterocycles. The Bertz CT molecular complexity index is 395. The zero-order valence-corrected chi connectivity index (χ0v) is 11.1. The molecule has 1 aromatic rings. The number of hydrogen-bond donors (Lipinski definition) is 2. The summed E-state index contributed by atoms with van der Waals surface area (Å²) in [5.74, 6) is -0.290. The van der Waals surface area contributed by atoms with Gasteiger partial charge in [-0.15, -0.1) is 0 Å². The van der Waals surface area contributed by atoms with Gasteiger partial charge in [0, 0.05) is 25.6 Å². The third-order valence-electron chi connectivity index (χ3n) is 2.75. The van der Waals surface area contributed by atoms with Gasteiger partial charge in [0.25, 0.3) is 0 Å². The number of nitrogens with zero attached hydrogens (tertiary/aromatic N) is 2. The molecule has 0 fully saturated rings. The molecule has 3 N–H and O–H groups in total. The number of nitrogens with two attached hydrogens (primary N) is 1. The number of hydrogen-bond acceptors (Lipinski definition) is 3. The van der Waals surface area contributed by atoms with Crippen LogP contribution in [-0.2, 0) is 24.8 Å². The minimum Gasteiger partial charge on any atom is -0.370 e. The number of primary amides is 1. The van der Waals surface area contributed by atoms with Crippen LogP contribution in [0.1, 0.15) is 38.6 Å². The van der Waals surface area contributed by atoms with Crippen LogP contribution in [-0.4, -0.2) is 21.2 Å². The van der Waals surface area contributed by atoms with Gasteiger partial charge in [-0.1, -0.05) is 6.92 Å². The number of rotatable bonds is 6. The molecule has 0 aromatic carbocycles. The van der Waals surface area contributed by atoms with Gasteiger partial charge in [0.15, 0.2) is 0 Å². The molecule has 96 valence electrons. The Balaban J connectivity index is 2.60. The second kappa shape index (κ2) is 5.31. The lowest BCUT2D eigenvalue weighted by atomic mass is 10.0. The summed E-state index contributed by atoms with van der Waals surface area (Å²) in [5, 5.41) is 7.70. The van der Waals surface area contributed by atoms with Gasteiger partial charge >= 0.3 is 0 Å². The summed E-state index contributed by atoms with van der Waals surface area (Å²) < 4.78 is 1.87. The van der Waals surface area contributed by atoms with E-state index < -0.39 is 0 Å². The van der Waals surface area contributed by atoms with Crippen molar-refractivity contribution in [3.63, 3.8) is 0 Å². The van der Waals surface area contributed by atoms with Crippen LogP contribution in [0, 0.1) is 0 Å². The van der Waals surface area contributed by atoms with E-state index in [9.17, 15) is 4.79 Å². The summed E-state index contributed by atoms with van der Waals surface area (Å²) in [4.78, 5) is 10.9. The van der Waals surface area contributed by atoms with Crippen molar-refractivity contribution in [2.45, 2.75) is 45.7 Å². The van der Waals surface area contributed by atoms with Crippen molar-refractivity contribution in [3.8, 4) is 0 Å². The van der Waals surface area contributed by atoms with Gasteiger partial charge in [-0.05, 0) is 26.3 Å². The van der Waals surface area contributed by atoms with Crippen molar-refractivity contribution >= 4 is 5.91 Å². The molecule has 0 atom stereocenters. The molecule has 1 rings (SSSR count). The molecule has 1 amide bonds. The summed E-state index contributed by atoms with van der Waals surface area (Å²) in [7, 11) is 1.93. The molecule has 1 aromatic heterocycles. The van der Waals surface area contributed by atoms with Crippen molar-refractivity contribution in [3.05, 3.63) is 17.5 Å². The lowest BCUT2D eigenvalue weighted by molar-refractivity contribution is -0.119. The zero-order chi connectivity index (χ0) is 13.1. The fourth-order valence-electron chi connectivity index (χ4n) is 1.74. The van der Waals surface area contributed by atoms with Crippen LogP contribution < -0.4 is 11.1 Å². The van der Waals surface area contributed by atoms with Crippen molar-refractivity contribution in [1.82, 2.24) is 15.1 Å². The standard InChI is InChI=1S/C12H22N4O/c1-5-9-6-10(16(4)15-9)8-14-12(2,3)7-11(13)17/h6,14H,5,7-8H2,1-4H3,(H2,13,17). The molecular formula is C12H22N4O. The molecule has 0 aliphatic rings. The van der Waals surface area contributed by atoms with E-state index in [1.807, 2.05) is 25.6 Å². The number of nitrogens with one attached hydrogen (secondary N) is 1. The molecule has 1 heterocycles. The van der Waals surface area contributed by atoms with Crippen LogP contribution in [0.4, 0.5) is 0 Å². The maximum absolute atomic E-state index is 10.9. The summed E-state index contributed by atoms with van der Waals surface area (Å²) >= 11 is 0. The average Bonchev–Trinajstić information content (AvgIpc) is 2.54. The minimum absolute atomic E-state index is 0.289. The van der Waals surface area contributed by atoms with Crippen LogP contribution in [0.15, 0.2) is 6.07 Å². The van der Waals surface area contributed by atoms with Gasteiger partial charge in [0.05, 0.1) is 11.4 Å². The number of aryl methyl sites for hydroxylation is 2. The number of aromatic nitrogens is 2. The Labute approximate surface area is 102 Å². The molecule has 0 aliphatic heterocycles. The molecule has 17 heavy (non-hydrogen) atoms. The third kappa shape index (κ3) is 4.19. The van der Waals surface area contributed by atoms with Crippen LogP contribution in [0.3, 0.4) is 0 Å². The van der Waals surface area contributed by atoms with Crippen molar-refractivity contribution in [1.29, 1.82) is 0 Å². The largest absolute Gasteiger partial charge is 0.370 e. The first-order valence-electron chi connectivity index (χ1n) is 5.89. The monoisotopic (exact) mass is 238 g/mol. The maximum atomic E-state index is 10.9. The highest BCUT2D eigenvalue weighted by molar-refractivity contribution is 5.74. The predicted octanol–water partition coefficient (Wildman–Crippen LogP) is 0.726. The predicted molar refractivity (Wildman–Crippen MR) is 67.3 cm³/mol. The van der Waals surface area contributed by atoms with E-state index in [-0.39, 0.29) is 11.4 Å². The van der Waals surface area contributed by atoms with Gasteiger partial charge < -0.3 is 11.1 Å². The maximum Gasteiger partial charge on any atom is 0.219 e. The van der Waals surface area contributed by atoms with Crippen LogP contribution in [0.2, 0.25) is 0 Å². The molecular weight excluding hydrogens is 216 g/mol. The summed E-state index contributed by atoms with van der Waals surface area (Å²) in [6.07, 6.45) is 1.25. The van der Waals surface area contributed by atoms with Gasteiger partial charge in [0.1, 0.15) is 0 Å². The van der Waals surface area contributed by atoms with Crippen molar-refractivity contribution in [2.24, 2.45) is 12.8 Å². The number of carbonyl (C=O) groups excluding carboxylic acids is 1. The van der Waals surface area contributed by atoms with E-state index in [4.69, 9.17) is 5.73 Å². The molecule has 0 aliphatic carbocycles. The van der Waals surface area contributed by atoms with Gasteiger partial charge in [-0.2, -0.15) is 5.10 Å². The van der Waals surface area contributed by atoms with E-state index in [0.29, 0.717) is 13.0 Å². The lowest BCUT2D eigenvalue weighted by Gasteiger charge is -2.24. The second-order valence-corrected chi connectivity index (χ2v) is 4.98. The first kappa shape index (κ1) is 13.7. The highest BCUT2D eigenvalue weighted by Crippen LogP contribution is 2.10. The van der Waals surface area contributed by atoms with Gasteiger partial charge in [-0.3, -0.25) is 9.48 Å². The minimum atomic E-state index is -0.290. The van der Waals surface area contributed by atoms with Gasteiger partial charge in [0.2, 0.25) is 5.91 Å². The number of carbonyl (C=O) groups is 1. The highest BCUT2D eigenvalue weighted by atomic mass is 16.1. The lowest BCUT2D eigenvalue weighted by Crippen LogP contribution is -2.42. The molecule has 0 radical (unpaired) electrons. The normalized spacial score (nSPS) is 11.8. The van der Waals surface area contributed by atoms with E-state index in [2.05, 4.69) is 23.4 Å². The fraction of sp³-hybridized carbons (Fsp3) is 0.667. The summed E-state index contributed by atoms with van der Waals surface area (Å²) in [6.45, 7) is 6.70. The molecule has 0 unspecified atom stereocenters. The van der Waals surface area contributed by atoms with Crippen LogP contribution >= 0.6 is 0 Å². The fourth-order valence-corrected chi connectivity index (χ4v) is 1.74. The molecule has 0 saturated carbocycles. The third-order valence-corrected chi connectivity index (χ3v) is 2.75. The second-order valence-electron chi connectivity index (χ2n) is 4.98. The Hall–Kier alpha value is -1.36. The highest BCUT2D eigenvalue weighted by Gasteiger charge is 2.20. The molecule has 5 nitrogen and oxygen atoms in total.